The number of carbonyl (C=O) groups excluding carboxylic acids is 2. The zero-order valence-electron chi connectivity index (χ0n) is 22.1. The van der Waals surface area contributed by atoms with E-state index in [0.717, 1.165) is 43.4 Å². The van der Waals surface area contributed by atoms with Gasteiger partial charge in [0.1, 0.15) is 0 Å². The van der Waals surface area contributed by atoms with Gasteiger partial charge in [-0.05, 0) is 67.7 Å². The van der Waals surface area contributed by atoms with E-state index < -0.39 is 0 Å². The molecule has 0 aliphatic carbocycles. The highest BCUT2D eigenvalue weighted by atomic mass is 16.2. The summed E-state index contributed by atoms with van der Waals surface area (Å²) in [5.41, 5.74) is 4.22. The van der Waals surface area contributed by atoms with Crippen LogP contribution in [0.2, 0.25) is 0 Å². The Labute approximate surface area is 211 Å². The van der Waals surface area contributed by atoms with Gasteiger partial charge in [0.2, 0.25) is 5.91 Å². The summed E-state index contributed by atoms with van der Waals surface area (Å²) in [4.78, 5) is 28.8. The summed E-state index contributed by atoms with van der Waals surface area (Å²) in [7, 11) is 0. The van der Waals surface area contributed by atoms with Crippen LogP contribution >= 0.6 is 0 Å². The first kappa shape index (κ1) is 26.7. The lowest BCUT2D eigenvalue weighted by Gasteiger charge is -2.34. The minimum atomic E-state index is -0.338. The monoisotopic (exact) mass is 471 g/mol. The fraction of sp³-hybridized carbons (Fsp3) is 0.438. The lowest BCUT2D eigenvalue weighted by Crippen LogP contribution is -2.44. The molecule has 3 heteroatoms. The second-order valence-electron chi connectivity index (χ2n) is 11.0. The van der Waals surface area contributed by atoms with E-state index in [9.17, 15) is 9.59 Å². The van der Waals surface area contributed by atoms with Gasteiger partial charge in [-0.1, -0.05) is 93.1 Å². The van der Waals surface area contributed by atoms with Gasteiger partial charge in [-0.15, -0.1) is 0 Å². The molecule has 1 saturated heterocycles. The van der Waals surface area contributed by atoms with E-state index in [1.165, 1.54) is 11.1 Å². The molecule has 1 aliphatic rings. The topological polar surface area (TPSA) is 37.4 Å². The van der Waals surface area contributed by atoms with Gasteiger partial charge in [0.25, 0.3) is 0 Å². The molecule has 1 fully saturated rings. The van der Waals surface area contributed by atoms with Crippen LogP contribution in [0, 0.1) is 18.3 Å². The van der Waals surface area contributed by atoms with Gasteiger partial charge >= 0.3 is 0 Å². The molecule has 1 heterocycles. The predicted octanol–water partition coefficient (Wildman–Crippen LogP) is 7.20. The fourth-order valence-corrected chi connectivity index (χ4v) is 4.78. The van der Waals surface area contributed by atoms with Gasteiger partial charge in [0, 0.05) is 13.0 Å². The van der Waals surface area contributed by atoms with Gasteiger partial charge in [-0.3, -0.25) is 9.59 Å². The first-order valence-electron chi connectivity index (χ1n) is 12.9. The minimum absolute atomic E-state index is 0.0190. The first-order chi connectivity index (χ1) is 16.6. The molecule has 0 unspecified atom stereocenters. The number of amides is 1. The van der Waals surface area contributed by atoms with Crippen LogP contribution in [0.1, 0.15) is 70.1 Å². The molecule has 2 atom stereocenters. The summed E-state index contributed by atoms with van der Waals surface area (Å²) in [6, 6.07) is 18.8. The van der Waals surface area contributed by atoms with E-state index in [1.54, 1.807) is 6.08 Å². The Kier molecular flexibility index (Phi) is 9.26. The van der Waals surface area contributed by atoms with Crippen molar-refractivity contribution in [3.8, 4) is 0 Å². The molecule has 35 heavy (non-hydrogen) atoms. The summed E-state index contributed by atoms with van der Waals surface area (Å²) in [5.74, 6) is -0.205. The average Bonchev–Trinajstić information content (AvgIpc) is 3.29. The maximum atomic E-state index is 13.7. The van der Waals surface area contributed by atoms with Crippen LogP contribution < -0.4 is 0 Å². The summed E-state index contributed by atoms with van der Waals surface area (Å²) in [6.45, 7) is 11.0. The van der Waals surface area contributed by atoms with Crippen molar-refractivity contribution < 1.29 is 9.59 Å². The zero-order valence-corrected chi connectivity index (χ0v) is 22.1. The molecule has 0 spiro atoms. The van der Waals surface area contributed by atoms with Crippen molar-refractivity contribution in [2.75, 3.05) is 6.54 Å². The molecule has 2 aromatic carbocycles. The Hall–Kier alpha value is -2.94. The number of carbonyl (C=O) groups is 2. The molecule has 1 amide bonds. The SMILES string of the molecule is C/C(=C\C(=O)C[C@H](C(=O)N1CCC[C@H]1/C=C/CCc1ccccc1)C(C)(C)C)c1ccc(C)cc1. The largest absolute Gasteiger partial charge is 0.336 e. The van der Waals surface area contributed by atoms with Crippen LogP contribution in [-0.2, 0) is 16.0 Å². The standard InChI is InChI=1S/C32H41NO2/c1-24-17-19-27(20-18-24)25(2)22-29(34)23-30(32(3,4)5)31(35)33-21-11-16-28(33)15-10-9-14-26-12-7-6-8-13-26/h6-8,10,12-13,15,17-20,22,28,30H,9,11,14,16,21,23H2,1-5H3/b15-10+,25-22+/t28-,30-/m1/s1. The Balaban J connectivity index is 1.65. The fourth-order valence-electron chi connectivity index (χ4n) is 4.78. The maximum Gasteiger partial charge on any atom is 0.227 e. The Morgan fingerprint density at radius 1 is 1.06 bits per heavy atom. The number of benzene rings is 2. The van der Waals surface area contributed by atoms with E-state index in [4.69, 9.17) is 0 Å². The van der Waals surface area contributed by atoms with Gasteiger partial charge in [-0.2, -0.15) is 0 Å². The average molecular weight is 472 g/mol. The van der Waals surface area contributed by atoms with Gasteiger partial charge in [0.05, 0.1) is 12.0 Å². The van der Waals surface area contributed by atoms with Crippen molar-refractivity contribution in [3.05, 3.63) is 89.5 Å². The highest BCUT2D eigenvalue weighted by molar-refractivity contribution is 5.99. The second kappa shape index (κ2) is 12.2. The molecule has 0 bridgehead atoms. The summed E-state index contributed by atoms with van der Waals surface area (Å²) < 4.78 is 0. The molecule has 0 N–H and O–H groups in total. The van der Waals surface area contributed by atoms with Crippen molar-refractivity contribution in [1.29, 1.82) is 0 Å². The van der Waals surface area contributed by atoms with Gasteiger partial charge in [-0.25, -0.2) is 0 Å². The van der Waals surface area contributed by atoms with E-state index >= 15 is 0 Å². The van der Waals surface area contributed by atoms with E-state index in [1.807, 2.05) is 30.0 Å². The van der Waals surface area contributed by atoms with Crippen LogP contribution in [0.4, 0.5) is 0 Å². The van der Waals surface area contributed by atoms with Gasteiger partial charge in [0.15, 0.2) is 5.78 Å². The zero-order chi connectivity index (χ0) is 25.4. The third-order valence-electron chi connectivity index (χ3n) is 7.02. The van der Waals surface area contributed by atoms with Crippen LogP contribution in [0.25, 0.3) is 5.57 Å². The van der Waals surface area contributed by atoms with Crippen LogP contribution in [-0.4, -0.2) is 29.2 Å². The quantitative estimate of drug-likeness (QED) is 0.286. The van der Waals surface area contributed by atoms with Crippen molar-refractivity contribution in [2.24, 2.45) is 11.3 Å². The Bertz CT molecular complexity index is 1040. The normalized spacial score (nSPS) is 17.7. The summed E-state index contributed by atoms with van der Waals surface area (Å²) in [6.07, 6.45) is 10.3. The van der Waals surface area contributed by atoms with E-state index in [0.29, 0.717) is 0 Å². The number of allylic oxidation sites excluding steroid dienone is 3. The number of rotatable bonds is 9. The molecule has 3 nitrogen and oxygen atoms in total. The number of ketones is 1. The number of nitrogens with zero attached hydrogens (tertiary/aromatic N) is 1. The van der Waals surface area contributed by atoms with Crippen molar-refractivity contribution in [2.45, 2.75) is 72.8 Å². The first-order valence-corrected chi connectivity index (χ1v) is 12.9. The lowest BCUT2D eigenvalue weighted by molar-refractivity contribution is -0.141. The summed E-state index contributed by atoms with van der Waals surface area (Å²) in [5, 5.41) is 0. The van der Waals surface area contributed by atoms with Crippen LogP contribution in [0.5, 0.6) is 0 Å². The third-order valence-corrected chi connectivity index (χ3v) is 7.02. The Morgan fingerprint density at radius 3 is 2.40 bits per heavy atom. The molecule has 1 aliphatic heterocycles. The Morgan fingerprint density at radius 2 is 1.74 bits per heavy atom. The number of hydrogen-bond acceptors (Lipinski definition) is 2. The number of likely N-dealkylation sites (tertiary alicyclic amines) is 1. The van der Waals surface area contributed by atoms with E-state index in [2.05, 4.69) is 76.2 Å². The summed E-state index contributed by atoms with van der Waals surface area (Å²) >= 11 is 0. The van der Waals surface area contributed by atoms with Crippen LogP contribution in [0.3, 0.4) is 0 Å². The molecule has 0 saturated carbocycles. The molecule has 0 aromatic heterocycles. The highest BCUT2D eigenvalue weighted by Crippen LogP contribution is 2.34. The molecule has 2 aromatic rings. The van der Waals surface area contributed by atoms with Crippen molar-refractivity contribution in [1.82, 2.24) is 4.90 Å². The number of hydrogen-bond donors (Lipinski definition) is 0. The molecule has 0 radical (unpaired) electrons. The van der Waals surface area contributed by atoms with E-state index in [-0.39, 0.29) is 35.5 Å². The predicted molar refractivity (Wildman–Crippen MR) is 146 cm³/mol. The molecular weight excluding hydrogens is 430 g/mol. The molecular formula is C32H41NO2. The lowest BCUT2D eigenvalue weighted by atomic mass is 9.76. The molecule has 3 rings (SSSR count). The third kappa shape index (κ3) is 7.78. The maximum absolute atomic E-state index is 13.7. The number of aryl methyl sites for hydroxylation is 2. The van der Waals surface area contributed by atoms with Crippen molar-refractivity contribution >= 4 is 17.3 Å². The van der Waals surface area contributed by atoms with Gasteiger partial charge < -0.3 is 4.90 Å². The smallest absolute Gasteiger partial charge is 0.227 e. The van der Waals surface area contributed by atoms with Crippen LogP contribution in [0.15, 0.2) is 72.8 Å². The minimum Gasteiger partial charge on any atom is -0.336 e. The molecule has 186 valence electrons. The second-order valence-corrected chi connectivity index (χ2v) is 11.0. The highest BCUT2D eigenvalue weighted by Gasteiger charge is 2.38. The van der Waals surface area contributed by atoms with Crippen molar-refractivity contribution in [3.63, 3.8) is 0 Å².